The Bertz CT molecular complexity index is 1110. The summed E-state index contributed by atoms with van der Waals surface area (Å²) in [7, 11) is 1.59. The Morgan fingerprint density at radius 1 is 0.914 bits per heavy atom. The summed E-state index contributed by atoms with van der Waals surface area (Å²) in [6, 6.07) is 24.6. The first-order valence-electron chi connectivity index (χ1n) is 11.7. The molecule has 35 heavy (non-hydrogen) atoms. The van der Waals surface area contributed by atoms with Crippen molar-refractivity contribution >= 4 is 27.7 Å². The predicted octanol–water partition coefficient (Wildman–Crippen LogP) is 5.51. The molecule has 0 aliphatic heterocycles. The van der Waals surface area contributed by atoms with Crippen LogP contribution in [0.5, 0.6) is 5.75 Å². The third-order valence-electron chi connectivity index (χ3n) is 5.87. The monoisotopic (exact) mass is 536 g/mol. The van der Waals surface area contributed by atoms with Gasteiger partial charge in [0.25, 0.3) is 5.91 Å². The first-order valence-corrected chi connectivity index (χ1v) is 12.5. The second-order valence-corrected chi connectivity index (χ2v) is 10.4. The van der Waals surface area contributed by atoms with Crippen molar-refractivity contribution in [1.82, 2.24) is 10.2 Å². The fourth-order valence-electron chi connectivity index (χ4n) is 3.79. The lowest BCUT2D eigenvalue weighted by molar-refractivity contribution is -0.142. The molecule has 1 N–H and O–H groups in total. The van der Waals surface area contributed by atoms with E-state index in [-0.39, 0.29) is 23.8 Å². The molecule has 1 atom stereocenters. The zero-order chi connectivity index (χ0) is 25.4. The molecule has 3 aromatic rings. The summed E-state index contributed by atoms with van der Waals surface area (Å²) < 4.78 is 6.81. The molecule has 0 saturated carbocycles. The Morgan fingerprint density at radius 2 is 1.54 bits per heavy atom. The molecule has 0 fully saturated rings. The van der Waals surface area contributed by atoms with E-state index in [1.165, 1.54) is 5.56 Å². The van der Waals surface area contributed by atoms with Crippen LogP contribution in [0.2, 0.25) is 0 Å². The minimum Gasteiger partial charge on any atom is -0.484 e. The van der Waals surface area contributed by atoms with Gasteiger partial charge in [0.2, 0.25) is 5.91 Å². The maximum Gasteiger partial charge on any atom is 0.261 e. The van der Waals surface area contributed by atoms with E-state index in [1.54, 1.807) is 11.9 Å². The second kappa shape index (κ2) is 12.0. The topological polar surface area (TPSA) is 58.6 Å². The van der Waals surface area contributed by atoms with Crippen LogP contribution in [0.3, 0.4) is 0 Å². The van der Waals surface area contributed by atoms with Gasteiger partial charge in [-0.3, -0.25) is 9.59 Å². The van der Waals surface area contributed by atoms with Gasteiger partial charge in [0.1, 0.15) is 11.8 Å². The van der Waals surface area contributed by atoms with Gasteiger partial charge >= 0.3 is 0 Å². The molecule has 2 amide bonds. The van der Waals surface area contributed by atoms with Crippen LogP contribution in [0.1, 0.15) is 37.5 Å². The number of carbonyl (C=O) groups excluding carboxylic acids is 2. The number of carbonyl (C=O) groups is 2. The zero-order valence-corrected chi connectivity index (χ0v) is 22.3. The van der Waals surface area contributed by atoms with Gasteiger partial charge in [-0.05, 0) is 46.4 Å². The zero-order valence-electron chi connectivity index (χ0n) is 20.8. The van der Waals surface area contributed by atoms with Gasteiger partial charge in [-0.25, -0.2) is 0 Å². The molecule has 184 valence electrons. The Labute approximate surface area is 216 Å². The summed E-state index contributed by atoms with van der Waals surface area (Å²) in [5.74, 6) is 0.153. The largest absolute Gasteiger partial charge is 0.484 e. The number of ether oxygens (including phenoxy) is 1. The summed E-state index contributed by atoms with van der Waals surface area (Å²) in [4.78, 5) is 28.0. The Hall–Kier alpha value is -3.12. The van der Waals surface area contributed by atoms with Crippen molar-refractivity contribution < 1.29 is 14.3 Å². The summed E-state index contributed by atoms with van der Waals surface area (Å²) in [5, 5.41) is 2.73. The van der Waals surface area contributed by atoms with Gasteiger partial charge in [-0.1, -0.05) is 91.3 Å². The van der Waals surface area contributed by atoms with Crippen molar-refractivity contribution in [2.75, 3.05) is 13.7 Å². The van der Waals surface area contributed by atoms with Crippen LogP contribution in [-0.2, 0) is 28.0 Å². The number of likely N-dealkylation sites (N-methyl/N-ethyl adjacent to an activating group) is 1. The smallest absolute Gasteiger partial charge is 0.261 e. The number of hydrogen-bond donors (Lipinski definition) is 1. The molecule has 0 heterocycles. The number of hydrogen-bond acceptors (Lipinski definition) is 3. The minimum atomic E-state index is -0.676. The minimum absolute atomic E-state index is 0.0357. The quantitative estimate of drug-likeness (QED) is 0.392. The van der Waals surface area contributed by atoms with Gasteiger partial charge in [0.15, 0.2) is 6.61 Å². The third-order valence-corrected chi connectivity index (χ3v) is 6.39. The van der Waals surface area contributed by atoms with Crippen molar-refractivity contribution in [1.29, 1.82) is 0 Å². The number of benzene rings is 3. The van der Waals surface area contributed by atoms with E-state index in [0.717, 1.165) is 15.6 Å². The highest BCUT2D eigenvalue weighted by molar-refractivity contribution is 9.10. The fourth-order valence-corrected chi connectivity index (χ4v) is 4.05. The van der Waals surface area contributed by atoms with Crippen LogP contribution in [0.15, 0.2) is 83.3 Å². The van der Waals surface area contributed by atoms with E-state index >= 15 is 0 Å². The molecule has 0 aliphatic rings. The molecule has 0 bridgehead atoms. The molecule has 0 saturated heterocycles. The highest BCUT2D eigenvalue weighted by Gasteiger charge is 2.30. The lowest BCUT2D eigenvalue weighted by Crippen LogP contribution is -2.51. The first-order chi connectivity index (χ1) is 16.7. The molecule has 0 spiro atoms. The average Bonchev–Trinajstić information content (AvgIpc) is 2.85. The van der Waals surface area contributed by atoms with Crippen LogP contribution in [0.25, 0.3) is 0 Å². The Balaban J connectivity index is 1.83. The van der Waals surface area contributed by atoms with Gasteiger partial charge in [0.05, 0.1) is 0 Å². The molecule has 3 rings (SSSR count). The van der Waals surface area contributed by atoms with Gasteiger partial charge in [0, 0.05) is 24.5 Å². The van der Waals surface area contributed by atoms with E-state index in [0.29, 0.717) is 18.7 Å². The summed E-state index contributed by atoms with van der Waals surface area (Å²) in [5.41, 5.74) is 3.13. The summed E-state index contributed by atoms with van der Waals surface area (Å²) in [6.45, 7) is 6.59. The van der Waals surface area contributed by atoms with Crippen molar-refractivity contribution in [2.45, 2.75) is 45.2 Å². The lowest BCUT2D eigenvalue weighted by Gasteiger charge is -2.31. The Kier molecular flexibility index (Phi) is 9.10. The van der Waals surface area contributed by atoms with Crippen molar-refractivity contribution in [2.24, 2.45) is 0 Å². The van der Waals surface area contributed by atoms with E-state index in [2.05, 4.69) is 42.0 Å². The second-order valence-electron chi connectivity index (χ2n) is 9.53. The third kappa shape index (κ3) is 7.69. The number of rotatable bonds is 9. The van der Waals surface area contributed by atoms with E-state index in [9.17, 15) is 9.59 Å². The SMILES string of the molecule is CNC(=O)C(Cc1ccccc1)N(Cc1ccc(Br)cc1)C(=O)COc1ccc(C(C)(C)C)cc1. The predicted molar refractivity (Wildman–Crippen MR) is 143 cm³/mol. The maximum atomic E-state index is 13.5. The van der Waals surface area contributed by atoms with E-state index < -0.39 is 6.04 Å². The molecule has 3 aromatic carbocycles. The summed E-state index contributed by atoms with van der Waals surface area (Å²) >= 11 is 3.45. The highest BCUT2D eigenvalue weighted by Crippen LogP contribution is 2.24. The van der Waals surface area contributed by atoms with Crippen LogP contribution >= 0.6 is 15.9 Å². The molecule has 0 aliphatic carbocycles. The number of amides is 2. The highest BCUT2D eigenvalue weighted by atomic mass is 79.9. The van der Waals surface area contributed by atoms with E-state index in [1.807, 2.05) is 78.9 Å². The first kappa shape index (κ1) is 26.5. The fraction of sp³-hybridized carbons (Fsp3) is 0.310. The van der Waals surface area contributed by atoms with E-state index in [4.69, 9.17) is 4.74 Å². The van der Waals surface area contributed by atoms with Gasteiger partial charge < -0.3 is 15.0 Å². The molecular formula is C29H33BrN2O3. The lowest BCUT2D eigenvalue weighted by atomic mass is 9.87. The number of halogens is 1. The van der Waals surface area contributed by atoms with Crippen molar-refractivity contribution in [3.8, 4) is 5.75 Å². The molecule has 5 nitrogen and oxygen atoms in total. The standard InChI is InChI=1S/C29H33BrN2O3/c1-29(2,3)23-12-16-25(17-13-23)35-20-27(33)32(19-22-10-14-24(30)15-11-22)26(28(34)31-4)18-21-8-6-5-7-9-21/h5-17,26H,18-20H2,1-4H3,(H,31,34). The van der Waals surface area contributed by atoms with Crippen LogP contribution < -0.4 is 10.1 Å². The molecule has 0 aromatic heterocycles. The molecule has 1 unspecified atom stereocenters. The summed E-state index contributed by atoms with van der Waals surface area (Å²) in [6.07, 6.45) is 0.406. The normalized spacial score (nSPS) is 12.0. The molecular weight excluding hydrogens is 504 g/mol. The van der Waals surface area contributed by atoms with Crippen molar-refractivity contribution in [3.63, 3.8) is 0 Å². The van der Waals surface area contributed by atoms with Crippen molar-refractivity contribution in [3.05, 3.63) is 100 Å². The maximum absolute atomic E-state index is 13.5. The average molecular weight is 537 g/mol. The van der Waals surface area contributed by atoms with Crippen LogP contribution in [0, 0.1) is 0 Å². The Morgan fingerprint density at radius 3 is 2.11 bits per heavy atom. The van der Waals surface area contributed by atoms with Gasteiger partial charge in [-0.15, -0.1) is 0 Å². The van der Waals surface area contributed by atoms with Gasteiger partial charge in [-0.2, -0.15) is 0 Å². The number of nitrogens with one attached hydrogen (secondary N) is 1. The van der Waals surface area contributed by atoms with Crippen LogP contribution in [-0.4, -0.2) is 36.4 Å². The molecule has 6 heteroatoms. The molecule has 0 radical (unpaired) electrons. The van der Waals surface area contributed by atoms with Crippen LogP contribution in [0.4, 0.5) is 0 Å². The number of nitrogens with zero attached hydrogens (tertiary/aromatic N) is 1.